The van der Waals surface area contributed by atoms with E-state index >= 15 is 0 Å². The number of hydrogen-bond donors (Lipinski definition) is 2. The number of carbonyl (C=O) groups is 2. The number of hydrogen-bond acceptors (Lipinski definition) is 9. The molecular weight excluding hydrogens is 418 g/mol. The van der Waals surface area contributed by atoms with Crippen LogP contribution in [0.25, 0.3) is 0 Å². The summed E-state index contributed by atoms with van der Waals surface area (Å²) in [6.45, 7) is 8.03. The number of aliphatic hydroxyl groups is 1. The van der Waals surface area contributed by atoms with E-state index in [-0.39, 0.29) is 37.0 Å². The highest BCUT2D eigenvalue weighted by Gasteiger charge is 2.54. The maximum absolute atomic E-state index is 12.7. The molecule has 3 aliphatic rings. The Bertz CT molecular complexity index is 913. The monoisotopic (exact) mass is 447 g/mol. The number of rotatable bonds is 6. The van der Waals surface area contributed by atoms with Gasteiger partial charge in [-0.05, 0) is 33.7 Å². The number of carbonyl (C=O) groups excluding carboxylic acids is 2. The lowest BCUT2D eigenvalue weighted by molar-refractivity contribution is -0.138. The highest BCUT2D eigenvalue weighted by Crippen LogP contribution is 2.37. The van der Waals surface area contributed by atoms with Gasteiger partial charge in [0.25, 0.3) is 0 Å². The quantitative estimate of drug-likeness (QED) is 0.616. The Morgan fingerprint density at radius 2 is 2.26 bits per heavy atom. The van der Waals surface area contributed by atoms with E-state index in [2.05, 4.69) is 20.2 Å². The fraction of sp³-hybridized carbons (Fsp3) is 0.619. The van der Waals surface area contributed by atoms with E-state index in [0.29, 0.717) is 49.7 Å². The molecule has 2 unspecified atom stereocenters. The fourth-order valence-corrected chi connectivity index (χ4v) is 5.15. The van der Waals surface area contributed by atoms with Crippen molar-refractivity contribution in [1.29, 1.82) is 0 Å². The van der Waals surface area contributed by atoms with Crippen LogP contribution in [0.4, 0.5) is 0 Å². The first kappa shape index (κ1) is 21.9. The third-order valence-electron chi connectivity index (χ3n) is 6.10. The lowest BCUT2D eigenvalue weighted by Gasteiger charge is -2.40. The summed E-state index contributed by atoms with van der Waals surface area (Å²) in [4.78, 5) is 37.9. The van der Waals surface area contributed by atoms with Crippen molar-refractivity contribution in [2.75, 3.05) is 39.3 Å². The Balaban J connectivity index is 1.53. The van der Waals surface area contributed by atoms with Gasteiger partial charge in [-0.1, -0.05) is 0 Å². The number of aromatic nitrogens is 1. The number of amidine groups is 1. The molecule has 1 aromatic heterocycles. The van der Waals surface area contributed by atoms with Crippen molar-refractivity contribution in [1.82, 2.24) is 20.1 Å². The predicted octanol–water partition coefficient (Wildman–Crippen LogP) is 0.614. The molecule has 3 aliphatic heterocycles. The molecule has 4 rings (SSSR count). The number of thiazole rings is 1. The van der Waals surface area contributed by atoms with Gasteiger partial charge in [0.2, 0.25) is 5.91 Å². The van der Waals surface area contributed by atoms with Crippen molar-refractivity contribution in [2.24, 2.45) is 10.9 Å². The molecule has 1 aromatic rings. The second kappa shape index (κ2) is 8.68. The van der Waals surface area contributed by atoms with Crippen molar-refractivity contribution in [3.05, 3.63) is 27.9 Å². The van der Waals surface area contributed by atoms with Crippen LogP contribution in [-0.2, 0) is 14.3 Å². The molecule has 2 N–H and O–H groups in total. The number of fused-ring (bicyclic) bond motifs is 1. The van der Waals surface area contributed by atoms with E-state index in [1.54, 1.807) is 18.0 Å². The average molecular weight is 448 g/mol. The van der Waals surface area contributed by atoms with Crippen molar-refractivity contribution in [3.63, 3.8) is 0 Å². The Hall–Kier alpha value is -2.30. The highest BCUT2D eigenvalue weighted by molar-refractivity contribution is 7.11. The number of nitrogens with one attached hydrogen (secondary N) is 1. The normalized spacial score (nSPS) is 26.7. The molecule has 0 aliphatic carbocycles. The molecule has 168 valence electrons. The predicted molar refractivity (Wildman–Crippen MR) is 117 cm³/mol. The summed E-state index contributed by atoms with van der Waals surface area (Å²) in [7, 11) is 0. The minimum absolute atomic E-state index is 0.0394. The Kier molecular flexibility index (Phi) is 6.14. The molecule has 2 fully saturated rings. The van der Waals surface area contributed by atoms with Crippen LogP contribution in [0.5, 0.6) is 0 Å². The molecule has 0 bridgehead atoms. The van der Waals surface area contributed by atoms with Crippen LogP contribution in [-0.4, -0.2) is 88.6 Å². The third kappa shape index (κ3) is 4.24. The van der Waals surface area contributed by atoms with Gasteiger partial charge in [0, 0.05) is 36.4 Å². The van der Waals surface area contributed by atoms with Crippen LogP contribution in [0.1, 0.15) is 32.2 Å². The Morgan fingerprint density at radius 3 is 2.94 bits per heavy atom. The topological polar surface area (TPSA) is 107 Å². The average Bonchev–Trinajstić information content (AvgIpc) is 3.34. The van der Waals surface area contributed by atoms with E-state index < -0.39 is 5.60 Å². The maximum Gasteiger partial charge on any atom is 0.337 e. The lowest BCUT2D eigenvalue weighted by atomic mass is 9.83. The third-order valence-corrected chi connectivity index (χ3v) is 6.88. The first-order valence-corrected chi connectivity index (χ1v) is 11.6. The number of likely N-dealkylation sites (tertiary alicyclic amines) is 2. The number of ether oxygens (including phenoxy) is 1. The molecule has 0 radical (unpaired) electrons. The molecule has 2 atom stereocenters. The molecule has 10 heteroatoms. The molecular formula is C21H29N5O4S. The molecule has 31 heavy (non-hydrogen) atoms. The van der Waals surface area contributed by atoms with E-state index in [1.807, 2.05) is 19.2 Å². The fourth-order valence-electron chi connectivity index (χ4n) is 4.55. The maximum atomic E-state index is 12.7. The van der Waals surface area contributed by atoms with Crippen molar-refractivity contribution in [2.45, 2.75) is 38.8 Å². The van der Waals surface area contributed by atoms with E-state index in [0.717, 1.165) is 5.01 Å². The molecule has 4 heterocycles. The minimum atomic E-state index is -1.08. The van der Waals surface area contributed by atoms with Crippen LogP contribution in [0.15, 0.2) is 27.8 Å². The second-order valence-electron chi connectivity index (χ2n) is 8.52. The first-order valence-electron chi connectivity index (χ1n) is 10.7. The molecule has 2 saturated heterocycles. The van der Waals surface area contributed by atoms with Gasteiger partial charge in [-0.3, -0.25) is 14.7 Å². The van der Waals surface area contributed by atoms with Gasteiger partial charge >= 0.3 is 5.97 Å². The van der Waals surface area contributed by atoms with Gasteiger partial charge in [-0.25, -0.2) is 9.78 Å². The molecule has 0 spiro atoms. The van der Waals surface area contributed by atoms with Gasteiger partial charge in [0.1, 0.15) is 5.60 Å². The number of piperidine rings is 1. The summed E-state index contributed by atoms with van der Waals surface area (Å²) < 4.78 is 5.23. The lowest BCUT2D eigenvalue weighted by Crippen LogP contribution is -2.55. The van der Waals surface area contributed by atoms with Crippen molar-refractivity contribution in [3.8, 4) is 0 Å². The van der Waals surface area contributed by atoms with Crippen molar-refractivity contribution >= 4 is 29.0 Å². The van der Waals surface area contributed by atoms with Gasteiger partial charge in [0.15, 0.2) is 10.8 Å². The summed E-state index contributed by atoms with van der Waals surface area (Å²) in [6.07, 6.45) is 2.31. The molecule has 9 nitrogen and oxygen atoms in total. The van der Waals surface area contributed by atoms with Gasteiger partial charge in [0.05, 0.1) is 31.2 Å². The summed E-state index contributed by atoms with van der Waals surface area (Å²) in [5.41, 5.74) is 0.124. The van der Waals surface area contributed by atoms with Crippen LogP contribution >= 0.6 is 11.3 Å². The number of nitrogens with zero attached hydrogens (tertiary/aromatic N) is 4. The largest absolute Gasteiger partial charge is 0.463 e. The summed E-state index contributed by atoms with van der Waals surface area (Å²) in [6, 6.07) is 0.0609. The number of amides is 1. The van der Waals surface area contributed by atoms with Crippen LogP contribution in [0.3, 0.4) is 0 Å². The van der Waals surface area contributed by atoms with Crippen LogP contribution < -0.4 is 5.32 Å². The standard InChI is InChI=1S/C21H29N5O4S/c1-4-30-20(28)14-9-23-17(18-22-6-8-31-18)24-16(14)10-25-7-5-15-19(27)26(13(2)3)12-21(15,29)11-25/h6,8,13,15,29H,4-5,7,9-12H2,1-3H3,(H,23,24). The van der Waals surface area contributed by atoms with Gasteiger partial charge in [-0.2, -0.15) is 0 Å². The van der Waals surface area contributed by atoms with Gasteiger partial charge in [-0.15, -0.1) is 11.3 Å². The van der Waals surface area contributed by atoms with Gasteiger partial charge < -0.3 is 20.1 Å². The number of esters is 1. The number of β-amino-alcohol motifs (C(OH)–C–C–N with tert-alkyl or cyclic N) is 1. The minimum Gasteiger partial charge on any atom is -0.463 e. The zero-order chi connectivity index (χ0) is 22.2. The molecule has 1 amide bonds. The zero-order valence-corrected chi connectivity index (χ0v) is 18.9. The summed E-state index contributed by atoms with van der Waals surface area (Å²) in [5, 5.41) is 17.2. The van der Waals surface area contributed by atoms with Crippen molar-refractivity contribution < 1.29 is 19.4 Å². The Labute approximate surface area is 185 Å². The van der Waals surface area contributed by atoms with Crippen LogP contribution in [0, 0.1) is 5.92 Å². The Morgan fingerprint density at radius 1 is 1.45 bits per heavy atom. The zero-order valence-electron chi connectivity index (χ0n) is 18.1. The summed E-state index contributed by atoms with van der Waals surface area (Å²) >= 11 is 1.47. The molecule has 0 saturated carbocycles. The SMILES string of the molecule is CCOC(=O)C1=C(CN2CCC3C(=O)N(C(C)C)CC3(O)C2)NC(c2nccs2)=NC1. The number of aliphatic imine (C=N–C) groups is 1. The first-order chi connectivity index (χ1) is 14.8. The van der Waals surface area contributed by atoms with E-state index in [9.17, 15) is 14.7 Å². The van der Waals surface area contributed by atoms with E-state index in [4.69, 9.17) is 4.74 Å². The second-order valence-corrected chi connectivity index (χ2v) is 9.41. The van der Waals surface area contributed by atoms with E-state index in [1.165, 1.54) is 11.3 Å². The van der Waals surface area contributed by atoms with Crippen LogP contribution in [0.2, 0.25) is 0 Å². The molecule has 0 aromatic carbocycles. The highest BCUT2D eigenvalue weighted by atomic mass is 32.1. The smallest absolute Gasteiger partial charge is 0.337 e. The summed E-state index contributed by atoms with van der Waals surface area (Å²) in [5.74, 6) is -0.0785.